The maximum absolute atomic E-state index is 13.0. The number of anilines is 1. The minimum atomic E-state index is -0.996. The minimum absolute atomic E-state index is 0.0860. The SMILES string of the molecule is COc1ccc2cc(CCC(=O)CC(Nc3ccc(C(=O)O)cc3)c3cccc(O)c3)ccc2c1. The molecule has 0 aliphatic rings. The molecule has 1 atom stereocenters. The number of phenolic OH excluding ortho intramolecular Hbond substituents is 1. The molecule has 0 radical (unpaired) electrons. The van der Waals surface area contributed by atoms with E-state index >= 15 is 0 Å². The molecule has 3 N–H and O–H groups in total. The molecule has 6 nitrogen and oxygen atoms in total. The van der Waals surface area contributed by atoms with Gasteiger partial charge in [0.2, 0.25) is 0 Å². The molecule has 0 saturated heterocycles. The number of nitrogens with one attached hydrogen (secondary N) is 1. The van der Waals surface area contributed by atoms with Crippen LogP contribution in [0.4, 0.5) is 5.69 Å². The first-order valence-electron chi connectivity index (χ1n) is 11.4. The summed E-state index contributed by atoms with van der Waals surface area (Å²) in [5, 5.41) is 24.6. The van der Waals surface area contributed by atoms with Crippen molar-refractivity contribution < 1.29 is 24.5 Å². The van der Waals surface area contributed by atoms with Crippen LogP contribution in [0.3, 0.4) is 0 Å². The largest absolute Gasteiger partial charge is 0.508 e. The van der Waals surface area contributed by atoms with Crippen molar-refractivity contribution in [1.29, 1.82) is 0 Å². The molecular weight excluding hydrogens is 442 g/mol. The number of fused-ring (bicyclic) bond motifs is 1. The standard InChI is InChI=1S/C29H27NO5/c1-35-27-14-10-21-15-19(5-7-22(21)17-27)6-13-26(32)18-28(23-3-2-4-25(31)16-23)30-24-11-8-20(9-12-24)29(33)34/h2-5,7-12,14-17,28,30-31H,6,13,18H2,1H3,(H,33,34). The summed E-state index contributed by atoms with van der Waals surface area (Å²) in [6, 6.07) is 24.9. The van der Waals surface area contributed by atoms with E-state index < -0.39 is 5.97 Å². The van der Waals surface area contributed by atoms with E-state index in [-0.39, 0.29) is 29.6 Å². The minimum Gasteiger partial charge on any atom is -0.508 e. The Morgan fingerprint density at radius 1 is 0.914 bits per heavy atom. The lowest BCUT2D eigenvalue weighted by Crippen LogP contribution is -2.16. The Morgan fingerprint density at radius 3 is 2.37 bits per heavy atom. The number of carbonyl (C=O) groups excluding carboxylic acids is 1. The highest BCUT2D eigenvalue weighted by molar-refractivity contribution is 5.88. The van der Waals surface area contributed by atoms with E-state index in [0.29, 0.717) is 18.5 Å². The maximum Gasteiger partial charge on any atom is 0.335 e. The molecule has 0 aliphatic heterocycles. The van der Waals surface area contributed by atoms with E-state index in [1.54, 1.807) is 37.4 Å². The van der Waals surface area contributed by atoms with Gasteiger partial charge in [-0.3, -0.25) is 4.79 Å². The van der Waals surface area contributed by atoms with Crippen molar-refractivity contribution in [2.45, 2.75) is 25.3 Å². The number of hydrogen-bond donors (Lipinski definition) is 3. The van der Waals surface area contributed by atoms with Crippen LogP contribution in [-0.4, -0.2) is 29.1 Å². The molecule has 0 aromatic heterocycles. The summed E-state index contributed by atoms with van der Waals surface area (Å²) >= 11 is 0. The quantitative estimate of drug-likeness (QED) is 0.264. The molecule has 0 spiro atoms. The zero-order valence-corrected chi connectivity index (χ0v) is 19.4. The molecule has 0 aliphatic carbocycles. The van der Waals surface area contributed by atoms with Gasteiger partial charge in [0, 0.05) is 18.5 Å². The van der Waals surface area contributed by atoms with E-state index in [9.17, 15) is 14.7 Å². The van der Waals surface area contributed by atoms with Gasteiger partial charge in [0.15, 0.2) is 0 Å². The van der Waals surface area contributed by atoms with Crippen molar-refractivity contribution in [3.8, 4) is 11.5 Å². The summed E-state index contributed by atoms with van der Waals surface area (Å²) in [6.45, 7) is 0. The lowest BCUT2D eigenvalue weighted by Gasteiger charge is -2.20. The second kappa shape index (κ2) is 10.7. The molecule has 0 fully saturated rings. The third kappa shape index (κ3) is 6.18. The molecule has 4 aromatic carbocycles. The number of methoxy groups -OCH3 is 1. The Morgan fingerprint density at radius 2 is 1.66 bits per heavy atom. The highest BCUT2D eigenvalue weighted by Gasteiger charge is 2.17. The highest BCUT2D eigenvalue weighted by atomic mass is 16.5. The summed E-state index contributed by atoms with van der Waals surface area (Å²) in [5.41, 5.74) is 2.75. The lowest BCUT2D eigenvalue weighted by atomic mass is 9.96. The van der Waals surface area contributed by atoms with Crippen molar-refractivity contribution in [3.63, 3.8) is 0 Å². The number of benzene rings is 4. The number of ketones is 1. The summed E-state index contributed by atoms with van der Waals surface area (Å²) in [4.78, 5) is 24.1. The van der Waals surface area contributed by atoms with Crippen LogP contribution in [0.5, 0.6) is 11.5 Å². The van der Waals surface area contributed by atoms with Gasteiger partial charge in [-0.15, -0.1) is 0 Å². The van der Waals surface area contributed by atoms with Gasteiger partial charge in [0.25, 0.3) is 0 Å². The fourth-order valence-electron chi connectivity index (χ4n) is 4.07. The molecule has 0 bridgehead atoms. The van der Waals surface area contributed by atoms with Crippen molar-refractivity contribution in [2.75, 3.05) is 12.4 Å². The van der Waals surface area contributed by atoms with E-state index in [1.165, 1.54) is 12.1 Å². The molecule has 4 rings (SSSR count). The average Bonchev–Trinajstić information content (AvgIpc) is 2.87. The van der Waals surface area contributed by atoms with Crippen molar-refractivity contribution in [3.05, 3.63) is 102 Å². The van der Waals surface area contributed by atoms with Crippen molar-refractivity contribution >= 4 is 28.2 Å². The number of carboxylic acid groups (broad SMARTS) is 1. The van der Waals surface area contributed by atoms with Crippen LogP contribution in [0.15, 0.2) is 84.9 Å². The summed E-state index contributed by atoms with van der Waals surface area (Å²) in [5.74, 6) is 0.0196. The number of aromatic hydroxyl groups is 1. The number of aryl methyl sites for hydroxylation is 1. The highest BCUT2D eigenvalue weighted by Crippen LogP contribution is 2.27. The van der Waals surface area contributed by atoms with Gasteiger partial charge in [-0.1, -0.05) is 36.4 Å². The van der Waals surface area contributed by atoms with Crippen LogP contribution < -0.4 is 10.1 Å². The van der Waals surface area contributed by atoms with Crippen LogP contribution in [0, 0.1) is 0 Å². The Hall–Kier alpha value is -4.32. The molecule has 6 heteroatoms. The molecule has 1 unspecified atom stereocenters. The molecule has 4 aromatic rings. The number of aromatic carboxylic acids is 1. The second-order valence-corrected chi connectivity index (χ2v) is 8.46. The van der Waals surface area contributed by atoms with Gasteiger partial charge < -0.3 is 20.3 Å². The fraction of sp³-hybridized carbons (Fsp3) is 0.172. The number of rotatable bonds is 10. The topological polar surface area (TPSA) is 95.9 Å². The summed E-state index contributed by atoms with van der Waals surface area (Å²) < 4.78 is 5.28. The van der Waals surface area contributed by atoms with Gasteiger partial charge in [0.1, 0.15) is 17.3 Å². The lowest BCUT2D eigenvalue weighted by molar-refractivity contribution is -0.119. The Kier molecular flexibility index (Phi) is 7.31. The van der Waals surface area contributed by atoms with Crippen LogP contribution >= 0.6 is 0 Å². The molecular formula is C29H27NO5. The predicted molar refractivity (Wildman–Crippen MR) is 136 cm³/mol. The number of carboxylic acids is 1. The van der Waals surface area contributed by atoms with Crippen LogP contribution in [0.1, 0.15) is 40.4 Å². The predicted octanol–water partition coefficient (Wildman–Crippen LogP) is 6.00. The second-order valence-electron chi connectivity index (χ2n) is 8.46. The average molecular weight is 470 g/mol. The van der Waals surface area contributed by atoms with Crippen molar-refractivity contribution in [2.24, 2.45) is 0 Å². The third-order valence-corrected chi connectivity index (χ3v) is 5.98. The summed E-state index contributed by atoms with van der Waals surface area (Å²) in [6.07, 6.45) is 1.24. The van der Waals surface area contributed by atoms with E-state index in [0.717, 1.165) is 27.6 Å². The number of phenols is 1. The Balaban J connectivity index is 1.45. The smallest absolute Gasteiger partial charge is 0.335 e. The molecule has 0 amide bonds. The first-order chi connectivity index (χ1) is 16.9. The third-order valence-electron chi connectivity index (χ3n) is 5.98. The van der Waals surface area contributed by atoms with Gasteiger partial charge in [-0.05, 0) is 76.9 Å². The molecule has 35 heavy (non-hydrogen) atoms. The zero-order chi connectivity index (χ0) is 24.8. The number of hydrogen-bond acceptors (Lipinski definition) is 5. The van der Waals surface area contributed by atoms with Crippen LogP contribution in [-0.2, 0) is 11.2 Å². The first kappa shape index (κ1) is 23.8. The van der Waals surface area contributed by atoms with Gasteiger partial charge in [-0.25, -0.2) is 4.79 Å². The maximum atomic E-state index is 13.0. The van der Waals surface area contributed by atoms with Gasteiger partial charge in [-0.2, -0.15) is 0 Å². The van der Waals surface area contributed by atoms with Gasteiger partial charge in [0.05, 0.1) is 18.7 Å². The number of ether oxygens (including phenoxy) is 1. The monoisotopic (exact) mass is 469 g/mol. The molecule has 0 heterocycles. The number of carbonyl (C=O) groups is 2. The summed E-state index contributed by atoms with van der Waals surface area (Å²) in [7, 11) is 1.64. The molecule has 0 saturated carbocycles. The Bertz CT molecular complexity index is 1350. The van der Waals surface area contributed by atoms with E-state index in [2.05, 4.69) is 11.4 Å². The fourth-order valence-corrected chi connectivity index (χ4v) is 4.07. The first-order valence-corrected chi connectivity index (χ1v) is 11.4. The normalized spacial score (nSPS) is 11.7. The van der Waals surface area contributed by atoms with Gasteiger partial charge >= 0.3 is 5.97 Å². The zero-order valence-electron chi connectivity index (χ0n) is 19.4. The van der Waals surface area contributed by atoms with Crippen LogP contribution in [0.25, 0.3) is 10.8 Å². The van der Waals surface area contributed by atoms with E-state index in [4.69, 9.17) is 9.84 Å². The number of Topliss-reactive ketones (excluding diaryl/α,β-unsaturated/α-hetero) is 1. The van der Waals surface area contributed by atoms with E-state index in [1.807, 2.05) is 36.4 Å². The van der Waals surface area contributed by atoms with Crippen LogP contribution in [0.2, 0.25) is 0 Å². The van der Waals surface area contributed by atoms with Crippen molar-refractivity contribution in [1.82, 2.24) is 0 Å². The Labute approximate surface area is 203 Å². The molecule has 178 valence electrons.